The SMILES string of the molecule is CN(Cc1ccccc1NC(=O)c1nccc2ccccc12)C(=O)OC(C)(C)C. The van der Waals surface area contributed by atoms with Gasteiger partial charge in [0.05, 0.1) is 6.54 Å². The van der Waals surface area contributed by atoms with Crippen molar-refractivity contribution < 1.29 is 14.3 Å². The van der Waals surface area contributed by atoms with Gasteiger partial charge in [-0.1, -0.05) is 42.5 Å². The lowest BCUT2D eigenvalue weighted by Gasteiger charge is -2.25. The van der Waals surface area contributed by atoms with Gasteiger partial charge in [-0.3, -0.25) is 9.78 Å². The Balaban J connectivity index is 1.80. The van der Waals surface area contributed by atoms with Gasteiger partial charge < -0.3 is 15.0 Å². The number of hydrogen-bond acceptors (Lipinski definition) is 4. The summed E-state index contributed by atoms with van der Waals surface area (Å²) >= 11 is 0. The predicted molar refractivity (Wildman–Crippen MR) is 114 cm³/mol. The number of amides is 2. The average Bonchev–Trinajstić information content (AvgIpc) is 2.67. The number of para-hydroxylation sites is 1. The molecule has 2 aromatic carbocycles. The van der Waals surface area contributed by atoms with E-state index in [0.29, 0.717) is 17.9 Å². The van der Waals surface area contributed by atoms with E-state index < -0.39 is 11.7 Å². The minimum absolute atomic E-state index is 0.297. The topological polar surface area (TPSA) is 71.5 Å². The monoisotopic (exact) mass is 391 g/mol. The summed E-state index contributed by atoms with van der Waals surface area (Å²) in [6, 6.07) is 16.9. The Morgan fingerprint density at radius 3 is 2.48 bits per heavy atom. The van der Waals surface area contributed by atoms with Crippen LogP contribution in [0.3, 0.4) is 0 Å². The first kappa shape index (κ1) is 20.3. The van der Waals surface area contributed by atoms with Crippen molar-refractivity contribution in [2.24, 2.45) is 0 Å². The number of nitrogens with zero attached hydrogens (tertiary/aromatic N) is 2. The van der Waals surface area contributed by atoms with Gasteiger partial charge in [0.1, 0.15) is 11.3 Å². The first-order valence-corrected chi connectivity index (χ1v) is 9.42. The van der Waals surface area contributed by atoms with E-state index >= 15 is 0 Å². The number of fused-ring (bicyclic) bond motifs is 1. The van der Waals surface area contributed by atoms with E-state index in [9.17, 15) is 9.59 Å². The van der Waals surface area contributed by atoms with Crippen LogP contribution in [0.4, 0.5) is 10.5 Å². The lowest BCUT2D eigenvalue weighted by Crippen LogP contribution is -2.34. The highest BCUT2D eigenvalue weighted by Crippen LogP contribution is 2.21. The number of hydrogen-bond donors (Lipinski definition) is 1. The molecule has 150 valence electrons. The molecular weight excluding hydrogens is 366 g/mol. The van der Waals surface area contributed by atoms with E-state index in [2.05, 4.69) is 10.3 Å². The number of aromatic nitrogens is 1. The average molecular weight is 391 g/mol. The summed E-state index contributed by atoms with van der Waals surface area (Å²) in [4.78, 5) is 30.9. The molecule has 0 bridgehead atoms. The Morgan fingerprint density at radius 1 is 1.03 bits per heavy atom. The standard InChI is InChI=1S/C23H25N3O3/c1-23(2,3)29-22(28)26(4)15-17-10-6-8-12-19(17)25-21(27)20-18-11-7-5-9-16(18)13-14-24-20/h5-14H,15H2,1-4H3,(H,25,27). The molecule has 0 aliphatic heterocycles. The van der Waals surface area contributed by atoms with Crippen molar-refractivity contribution in [3.8, 4) is 0 Å². The van der Waals surface area contributed by atoms with Gasteiger partial charge in [-0.2, -0.15) is 0 Å². The lowest BCUT2D eigenvalue weighted by molar-refractivity contribution is 0.0285. The molecule has 0 unspecified atom stereocenters. The fourth-order valence-corrected chi connectivity index (χ4v) is 2.92. The van der Waals surface area contributed by atoms with Gasteiger partial charge in [0, 0.05) is 24.3 Å². The minimum Gasteiger partial charge on any atom is -0.444 e. The van der Waals surface area contributed by atoms with Gasteiger partial charge in [0.25, 0.3) is 5.91 Å². The normalized spacial score (nSPS) is 11.2. The van der Waals surface area contributed by atoms with Crippen molar-refractivity contribution in [2.45, 2.75) is 32.9 Å². The molecule has 1 aromatic heterocycles. The second-order valence-corrected chi connectivity index (χ2v) is 7.83. The van der Waals surface area contributed by atoms with E-state index in [1.165, 1.54) is 4.90 Å². The Kier molecular flexibility index (Phi) is 5.82. The second-order valence-electron chi connectivity index (χ2n) is 7.83. The Labute approximate surface area is 170 Å². The minimum atomic E-state index is -0.570. The molecule has 0 atom stereocenters. The van der Waals surface area contributed by atoms with Crippen LogP contribution in [-0.2, 0) is 11.3 Å². The molecule has 0 saturated heterocycles. The number of carbonyl (C=O) groups excluding carboxylic acids is 2. The third kappa shape index (κ3) is 5.10. The van der Waals surface area contributed by atoms with Crippen molar-refractivity contribution >= 4 is 28.5 Å². The van der Waals surface area contributed by atoms with Crippen LogP contribution in [-0.4, -0.2) is 34.5 Å². The maximum atomic E-state index is 12.9. The molecule has 3 rings (SSSR count). The summed E-state index contributed by atoms with van der Waals surface area (Å²) in [5.41, 5.74) is 1.22. The van der Waals surface area contributed by atoms with Crippen molar-refractivity contribution in [3.05, 3.63) is 72.1 Å². The van der Waals surface area contributed by atoms with Crippen LogP contribution < -0.4 is 5.32 Å². The summed E-state index contributed by atoms with van der Waals surface area (Å²) in [6.45, 7) is 5.77. The summed E-state index contributed by atoms with van der Waals surface area (Å²) < 4.78 is 5.40. The molecule has 0 fully saturated rings. The first-order chi connectivity index (χ1) is 13.7. The van der Waals surface area contributed by atoms with E-state index in [4.69, 9.17) is 4.74 Å². The largest absolute Gasteiger partial charge is 0.444 e. The Bertz CT molecular complexity index is 1040. The number of rotatable bonds is 4. The highest BCUT2D eigenvalue weighted by atomic mass is 16.6. The van der Waals surface area contributed by atoms with Crippen LogP contribution in [0.5, 0.6) is 0 Å². The predicted octanol–water partition coefficient (Wildman–Crippen LogP) is 4.85. The fourth-order valence-electron chi connectivity index (χ4n) is 2.92. The molecule has 0 spiro atoms. The molecule has 6 nitrogen and oxygen atoms in total. The molecule has 0 aliphatic carbocycles. The molecule has 0 radical (unpaired) electrons. The van der Waals surface area contributed by atoms with Crippen LogP contribution in [0.15, 0.2) is 60.8 Å². The molecule has 29 heavy (non-hydrogen) atoms. The first-order valence-electron chi connectivity index (χ1n) is 9.42. The third-order valence-corrected chi connectivity index (χ3v) is 4.27. The molecule has 2 amide bonds. The molecular formula is C23H25N3O3. The Morgan fingerprint density at radius 2 is 1.72 bits per heavy atom. The van der Waals surface area contributed by atoms with Gasteiger partial charge in [-0.15, -0.1) is 0 Å². The quantitative estimate of drug-likeness (QED) is 0.690. The summed E-state index contributed by atoms with van der Waals surface area (Å²) in [6.07, 6.45) is 1.20. The molecule has 0 aliphatic rings. The zero-order chi connectivity index (χ0) is 21.0. The zero-order valence-electron chi connectivity index (χ0n) is 17.1. The molecule has 3 aromatic rings. The van der Waals surface area contributed by atoms with Crippen LogP contribution in [0.25, 0.3) is 10.8 Å². The number of benzene rings is 2. The number of ether oxygens (including phenoxy) is 1. The van der Waals surface area contributed by atoms with E-state index in [0.717, 1.165) is 16.3 Å². The van der Waals surface area contributed by atoms with Crippen molar-refractivity contribution in [3.63, 3.8) is 0 Å². The summed E-state index contributed by atoms with van der Waals surface area (Å²) in [7, 11) is 1.67. The molecule has 1 N–H and O–H groups in total. The zero-order valence-corrected chi connectivity index (χ0v) is 17.1. The molecule has 1 heterocycles. The molecule has 6 heteroatoms. The van der Waals surface area contributed by atoms with Gasteiger partial charge in [-0.05, 0) is 43.9 Å². The van der Waals surface area contributed by atoms with Gasteiger partial charge in [-0.25, -0.2) is 4.79 Å². The van der Waals surface area contributed by atoms with Crippen molar-refractivity contribution in [1.82, 2.24) is 9.88 Å². The van der Waals surface area contributed by atoms with Crippen LogP contribution in [0, 0.1) is 0 Å². The Hall–Kier alpha value is -3.41. The second kappa shape index (κ2) is 8.31. The van der Waals surface area contributed by atoms with Gasteiger partial charge >= 0.3 is 6.09 Å². The van der Waals surface area contributed by atoms with Gasteiger partial charge in [0.2, 0.25) is 0 Å². The maximum absolute atomic E-state index is 12.9. The smallest absolute Gasteiger partial charge is 0.410 e. The number of carbonyl (C=O) groups is 2. The van der Waals surface area contributed by atoms with Crippen molar-refractivity contribution in [2.75, 3.05) is 12.4 Å². The number of anilines is 1. The van der Waals surface area contributed by atoms with Crippen LogP contribution in [0.2, 0.25) is 0 Å². The number of pyridine rings is 1. The van der Waals surface area contributed by atoms with Crippen LogP contribution in [0.1, 0.15) is 36.8 Å². The molecule has 0 saturated carbocycles. The van der Waals surface area contributed by atoms with Crippen LogP contribution >= 0.6 is 0 Å². The fraction of sp³-hybridized carbons (Fsp3) is 0.261. The lowest BCUT2D eigenvalue weighted by atomic mass is 10.1. The summed E-state index contributed by atoms with van der Waals surface area (Å²) in [5.74, 6) is -0.297. The van der Waals surface area contributed by atoms with E-state index in [-0.39, 0.29) is 5.91 Å². The highest BCUT2D eigenvalue weighted by molar-refractivity contribution is 6.11. The highest BCUT2D eigenvalue weighted by Gasteiger charge is 2.21. The van der Waals surface area contributed by atoms with Gasteiger partial charge in [0.15, 0.2) is 0 Å². The maximum Gasteiger partial charge on any atom is 0.410 e. The number of nitrogens with one attached hydrogen (secondary N) is 1. The van der Waals surface area contributed by atoms with E-state index in [1.807, 2.05) is 69.3 Å². The van der Waals surface area contributed by atoms with E-state index in [1.54, 1.807) is 19.3 Å². The van der Waals surface area contributed by atoms with Crippen molar-refractivity contribution in [1.29, 1.82) is 0 Å². The third-order valence-electron chi connectivity index (χ3n) is 4.27. The summed E-state index contributed by atoms with van der Waals surface area (Å²) in [5, 5.41) is 4.67.